The summed E-state index contributed by atoms with van der Waals surface area (Å²) in [5.41, 5.74) is 0. The lowest BCUT2D eigenvalue weighted by Gasteiger charge is -2.30. The van der Waals surface area contributed by atoms with Gasteiger partial charge in [-0.3, -0.25) is 14.4 Å². The summed E-state index contributed by atoms with van der Waals surface area (Å²) in [5.74, 6) is -0.663. The number of rotatable bonds is 17. The molecule has 0 aliphatic heterocycles. The Balaban J connectivity index is 4.73. The number of nitrogens with one attached hydrogen (secondary N) is 1. The first kappa shape index (κ1) is 27.4. The smallest absolute Gasteiger partial charge is 0.303 e. The van der Waals surface area contributed by atoms with E-state index in [9.17, 15) is 14.4 Å². The summed E-state index contributed by atoms with van der Waals surface area (Å²) in [4.78, 5) is 38.2. The van der Waals surface area contributed by atoms with E-state index < -0.39 is 12.0 Å². The first-order chi connectivity index (χ1) is 13.7. The molecule has 0 rings (SSSR count). The number of amides is 2. The highest BCUT2D eigenvalue weighted by Crippen LogP contribution is 2.11. The summed E-state index contributed by atoms with van der Waals surface area (Å²) in [7, 11) is 0. The van der Waals surface area contributed by atoms with Crippen LogP contribution in [0.2, 0.25) is 0 Å². The summed E-state index contributed by atoms with van der Waals surface area (Å²) in [6.07, 6.45) is 8.26. The van der Waals surface area contributed by atoms with E-state index >= 15 is 0 Å². The average Bonchev–Trinajstić information content (AvgIpc) is 2.62. The minimum absolute atomic E-state index is 0.129. The molecule has 0 radical (unpaired) electrons. The van der Waals surface area contributed by atoms with Crippen molar-refractivity contribution in [2.45, 2.75) is 105 Å². The Bertz CT molecular complexity index is 467. The van der Waals surface area contributed by atoms with Gasteiger partial charge in [0.25, 0.3) is 0 Å². The number of hydrogen-bond acceptors (Lipinski definition) is 3. The van der Waals surface area contributed by atoms with Gasteiger partial charge in [0.05, 0.1) is 0 Å². The number of carboxylic acids is 1. The Kier molecular flexibility index (Phi) is 15.3. The van der Waals surface area contributed by atoms with Crippen molar-refractivity contribution in [3.8, 4) is 0 Å². The highest BCUT2D eigenvalue weighted by atomic mass is 16.4. The van der Waals surface area contributed by atoms with E-state index in [1.54, 1.807) is 4.90 Å². The van der Waals surface area contributed by atoms with Gasteiger partial charge in [0.1, 0.15) is 6.04 Å². The maximum atomic E-state index is 13.1. The summed E-state index contributed by atoms with van der Waals surface area (Å²) in [5, 5.41) is 11.8. The Morgan fingerprint density at radius 1 is 0.828 bits per heavy atom. The van der Waals surface area contributed by atoms with Gasteiger partial charge in [-0.05, 0) is 24.7 Å². The molecule has 0 bridgehead atoms. The van der Waals surface area contributed by atoms with Gasteiger partial charge in [0.2, 0.25) is 11.8 Å². The lowest BCUT2D eigenvalue weighted by molar-refractivity contribution is -0.140. The molecule has 0 heterocycles. The number of unbranched alkanes of at least 4 members (excludes halogenated alkanes) is 6. The van der Waals surface area contributed by atoms with Crippen molar-refractivity contribution in [1.82, 2.24) is 10.2 Å². The lowest BCUT2D eigenvalue weighted by atomic mass is 10.1. The van der Waals surface area contributed by atoms with Gasteiger partial charge in [-0.2, -0.15) is 0 Å². The summed E-state index contributed by atoms with van der Waals surface area (Å²) in [6, 6.07) is -0.763. The predicted molar refractivity (Wildman–Crippen MR) is 118 cm³/mol. The molecule has 0 aromatic rings. The maximum Gasteiger partial charge on any atom is 0.303 e. The number of hydrogen-bond donors (Lipinski definition) is 2. The highest BCUT2D eigenvalue weighted by Gasteiger charge is 2.27. The zero-order valence-corrected chi connectivity index (χ0v) is 19.3. The maximum absolute atomic E-state index is 13.1. The van der Waals surface area contributed by atoms with Crippen molar-refractivity contribution in [2.24, 2.45) is 11.8 Å². The van der Waals surface area contributed by atoms with Gasteiger partial charge in [-0.25, -0.2) is 0 Å². The second kappa shape index (κ2) is 16.2. The average molecular weight is 413 g/mol. The Labute approximate surface area is 177 Å². The lowest BCUT2D eigenvalue weighted by Crippen LogP contribution is -2.50. The topological polar surface area (TPSA) is 86.7 Å². The Morgan fingerprint density at radius 3 is 1.83 bits per heavy atom. The normalized spacial score (nSPS) is 12.2. The molecule has 1 atom stereocenters. The molecular formula is C23H44N2O4. The van der Waals surface area contributed by atoms with Crippen molar-refractivity contribution >= 4 is 17.8 Å². The highest BCUT2D eigenvalue weighted by molar-refractivity contribution is 5.88. The van der Waals surface area contributed by atoms with Gasteiger partial charge >= 0.3 is 5.97 Å². The molecule has 0 aliphatic rings. The molecule has 170 valence electrons. The van der Waals surface area contributed by atoms with Gasteiger partial charge in [-0.15, -0.1) is 0 Å². The second-order valence-corrected chi connectivity index (χ2v) is 8.95. The molecule has 6 nitrogen and oxygen atoms in total. The van der Waals surface area contributed by atoms with Crippen molar-refractivity contribution in [2.75, 3.05) is 13.1 Å². The molecule has 0 aromatic heterocycles. The molecule has 2 amide bonds. The predicted octanol–water partition coefficient (Wildman–Crippen LogP) is 4.62. The van der Waals surface area contributed by atoms with Crippen LogP contribution in [0.15, 0.2) is 0 Å². The van der Waals surface area contributed by atoms with Crippen LogP contribution in [0, 0.1) is 11.8 Å². The fourth-order valence-corrected chi connectivity index (χ4v) is 3.39. The molecule has 6 heteroatoms. The summed E-state index contributed by atoms with van der Waals surface area (Å²) < 4.78 is 0. The second-order valence-electron chi connectivity index (χ2n) is 8.95. The molecule has 0 spiro atoms. The van der Waals surface area contributed by atoms with Crippen molar-refractivity contribution in [3.05, 3.63) is 0 Å². The molecular weight excluding hydrogens is 368 g/mol. The molecule has 29 heavy (non-hydrogen) atoms. The van der Waals surface area contributed by atoms with Crippen LogP contribution < -0.4 is 5.32 Å². The first-order valence-corrected chi connectivity index (χ1v) is 11.5. The minimum atomic E-state index is -0.955. The number of carbonyl (C=O) groups excluding carboxylic acids is 2. The van der Waals surface area contributed by atoms with E-state index in [1.165, 1.54) is 25.7 Å². The Morgan fingerprint density at radius 2 is 1.34 bits per heavy atom. The fraction of sp³-hybridized carbons (Fsp3) is 0.870. The van der Waals surface area contributed by atoms with Crippen LogP contribution >= 0.6 is 0 Å². The van der Waals surface area contributed by atoms with E-state index in [-0.39, 0.29) is 24.7 Å². The van der Waals surface area contributed by atoms with Gasteiger partial charge < -0.3 is 15.3 Å². The molecule has 0 aliphatic carbocycles. The quantitative estimate of drug-likeness (QED) is 0.341. The number of carboxylic acid groups (broad SMARTS) is 1. The van der Waals surface area contributed by atoms with E-state index in [4.69, 9.17) is 5.11 Å². The third-order valence-electron chi connectivity index (χ3n) is 4.77. The van der Waals surface area contributed by atoms with E-state index in [2.05, 4.69) is 12.2 Å². The third kappa shape index (κ3) is 15.0. The Hall–Kier alpha value is -1.59. The summed E-state index contributed by atoms with van der Waals surface area (Å²) >= 11 is 0. The van der Waals surface area contributed by atoms with Crippen LogP contribution in [0.4, 0.5) is 0 Å². The zero-order valence-electron chi connectivity index (χ0n) is 19.3. The largest absolute Gasteiger partial charge is 0.481 e. The number of carbonyl (C=O) groups is 3. The molecule has 0 fully saturated rings. The molecule has 0 unspecified atom stereocenters. The van der Waals surface area contributed by atoms with Crippen LogP contribution in [0.3, 0.4) is 0 Å². The van der Waals surface area contributed by atoms with E-state index in [1.807, 2.05) is 27.7 Å². The van der Waals surface area contributed by atoms with Crippen molar-refractivity contribution in [1.29, 1.82) is 0 Å². The molecule has 0 aromatic carbocycles. The minimum Gasteiger partial charge on any atom is -0.481 e. The monoisotopic (exact) mass is 412 g/mol. The fourth-order valence-electron chi connectivity index (χ4n) is 3.39. The van der Waals surface area contributed by atoms with Crippen molar-refractivity contribution < 1.29 is 19.5 Å². The van der Waals surface area contributed by atoms with Crippen molar-refractivity contribution in [3.63, 3.8) is 0 Å². The third-order valence-corrected chi connectivity index (χ3v) is 4.77. The SMILES string of the molecule is CCCCCCCCCC(=O)N[C@@H](CCC(=O)O)C(=O)N(CC(C)C)CC(C)C. The van der Waals surface area contributed by atoms with Gasteiger partial charge in [0.15, 0.2) is 0 Å². The summed E-state index contributed by atoms with van der Waals surface area (Å²) in [6.45, 7) is 11.6. The van der Waals surface area contributed by atoms with Gasteiger partial charge in [0, 0.05) is 25.9 Å². The standard InChI is InChI=1S/C23H44N2O4/c1-6-7-8-9-10-11-12-13-21(26)24-20(14-15-22(27)28)23(29)25(16-18(2)3)17-19(4)5/h18-20H,6-17H2,1-5H3,(H,24,26)(H,27,28)/t20-/m0/s1. The molecule has 2 N–H and O–H groups in total. The van der Waals surface area contributed by atoms with E-state index in [0.717, 1.165) is 19.3 Å². The van der Waals surface area contributed by atoms with Crippen LogP contribution in [0.1, 0.15) is 98.8 Å². The van der Waals surface area contributed by atoms with Gasteiger partial charge in [-0.1, -0.05) is 73.1 Å². The van der Waals surface area contributed by atoms with Crippen LogP contribution in [-0.4, -0.2) is 46.9 Å². The first-order valence-electron chi connectivity index (χ1n) is 11.5. The van der Waals surface area contributed by atoms with Crippen LogP contribution in [-0.2, 0) is 14.4 Å². The van der Waals surface area contributed by atoms with Crippen LogP contribution in [0.25, 0.3) is 0 Å². The molecule has 0 saturated carbocycles. The van der Waals surface area contributed by atoms with E-state index in [0.29, 0.717) is 31.3 Å². The zero-order chi connectivity index (χ0) is 22.2. The number of nitrogens with zero attached hydrogens (tertiary/aromatic N) is 1. The number of aliphatic carboxylic acids is 1. The van der Waals surface area contributed by atoms with Crippen LogP contribution in [0.5, 0.6) is 0 Å². The molecule has 0 saturated heterocycles.